The van der Waals surface area contributed by atoms with Gasteiger partial charge in [0.05, 0.1) is 6.04 Å². The molecule has 0 aliphatic carbocycles. The van der Waals surface area contributed by atoms with Crippen LogP contribution in [-0.4, -0.2) is 36.0 Å². The zero-order chi connectivity index (χ0) is 12.3. The molecular weight excluding hydrogens is 212 g/mol. The summed E-state index contributed by atoms with van der Waals surface area (Å²) in [5, 5.41) is 3.37. The average Bonchev–Trinajstić information content (AvgIpc) is 2.76. The molecule has 0 saturated carbocycles. The first-order valence-corrected chi connectivity index (χ1v) is 7.28. The van der Waals surface area contributed by atoms with E-state index in [2.05, 4.69) is 24.1 Å². The summed E-state index contributed by atoms with van der Waals surface area (Å²) in [5.74, 6) is 0.875. The highest BCUT2D eigenvalue weighted by atomic mass is 16.2. The standard InChI is InChI=1S/C14H26N2O/c1-3-6-12-7-4-5-10-16(12)14(17)13-11(2)8-9-15-13/h11-13,15H,3-10H2,1-2H3. The molecule has 2 saturated heterocycles. The van der Waals surface area contributed by atoms with Gasteiger partial charge in [0.2, 0.25) is 5.91 Å². The molecule has 2 aliphatic heterocycles. The number of carbonyl (C=O) groups excluding carboxylic acids is 1. The van der Waals surface area contributed by atoms with Crippen molar-refractivity contribution >= 4 is 5.91 Å². The molecule has 17 heavy (non-hydrogen) atoms. The summed E-state index contributed by atoms with van der Waals surface area (Å²) < 4.78 is 0. The van der Waals surface area contributed by atoms with E-state index in [1.807, 2.05) is 0 Å². The minimum atomic E-state index is 0.0902. The van der Waals surface area contributed by atoms with Gasteiger partial charge in [-0.2, -0.15) is 0 Å². The van der Waals surface area contributed by atoms with Gasteiger partial charge in [-0.1, -0.05) is 20.3 Å². The predicted octanol–water partition coefficient (Wildman–Crippen LogP) is 2.17. The predicted molar refractivity (Wildman–Crippen MR) is 69.8 cm³/mol. The molecule has 3 unspecified atom stereocenters. The molecule has 2 rings (SSSR count). The van der Waals surface area contributed by atoms with E-state index in [-0.39, 0.29) is 6.04 Å². The molecule has 2 fully saturated rings. The Bertz CT molecular complexity index is 265. The van der Waals surface area contributed by atoms with Crippen molar-refractivity contribution in [2.45, 2.75) is 64.5 Å². The van der Waals surface area contributed by atoms with E-state index in [1.165, 1.54) is 32.1 Å². The number of likely N-dealkylation sites (tertiary alicyclic amines) is 1. The molecule has 2 heterocycles. The first-order chi connectivity index (χ1) is 8.24. The van der Waals surface area contributed by atoms with E-state index in [1.54, 1.807) is 0 Å². The molecule has 3 nitrogen and oxygen atoms in total. The second kappa shape index (κ2) is 5.85. The highest BCUT2D eigenvalue weighted by Gasteiger charge is 2.35. The second-order valence-electron chi connectivity index (χ2n) is 5.67. The highest BCUT2D eigenvalue weighted by Crippen LogP contribution is 2.24. The lowest BCUT2D eigenvalue weighted by molar-refractivity contribution is -0.137. The SMILES string of the molecule is CCCC1CCCCN1C(=O)C1NCCC1C. The van der Waals surface area contributed by atoms with E-state index in [0.29, 0.717) is 17.9 Å². The van der Waals surface area contributed by atoms with Crippen LogP contribution in [0, 0.1) is 5.92 Å². The van der Waals surface area contributed by atoms with E-state index in [4.69, 9.17) is 0 Å². The van der Waals surface area contributed by atoms with Crippen molar-refractivity contribution in [2.24, 2.45) is 5.92 Å². The monoisotopic (exact) mass is 238 g/mol. The molecule has 0 radical (unpaired) electrons. The first kappa shape index (κ1) is 12.9. The van der Waals surface area contributed by atoms with Crippen LogP contribution in [0.25, 0.3) is 0 Å². The smallest absolute Gasteiger partial charge is 0.240 e. The van der Waals surface area contributed by atoms with Crippen LogP contribution in [0.2, 0.25) is 0 Å². The Morgan fingerprint density at radius 3 is 2.82 bits per heavy atom. The Balaban J connectivity index is 2.00. The van der Waals surface area contributed by atoms with Gasteiger partial charge in [0.25, 0.3) is 0 Å². The van der Waals surface area contributed by atoms with Crippen LogP contribution in [0.15, 0.2) is 0 Å². The van der Waals surface area contributed by atoms with Gasteiger partial charge in [0.1, 0.15) is 0 Å². The fraction of sp³-hybridized carbons (Fsp3) is 0.929. The fourth-order valence-electron chi connectivity index (χ4n) is 3.27. The number of piperidine rings is 1. The van der Waals surface area contributed by atoms with Crippen molar-refractivity contribution in [3.63, 3.8) is 0 Å². The summed E-state index contributed by atoms with van der Waals surface area (Å²) in [6, 6.07) is 0.600. The molecule has 2 aliphatic rings. The van der Waals surface area contributed by atoms with E-state index in [0.717, 1.165) is 19.5 Å². The number of nitrogens with zero attached hydrogens (tertiary/aromatic N) is 1. The number of hydrogen-bond acceptors (Lipinski definition) is 2. The zero-order valence-corrected chi connectivity index (χ0v) is 11.2. The van der Waals surface area contributed by atoms with E-state index in [9.17, 15) is 4.79 Å². The Morgan fingerprint density at radius 1 is 1.35 bits per heavy atom. The molecular formula is C14H26N2O. The molecule has 98 valence electrons. The maximum absolute atomic E-state index is 12.6. The summed E-state index contributed by atoms with van der Waals surface area (Å²) in [7, 11) is 0. The van der Waals surface area contributed by atoms with Crippen LogP contribution in [-0.2, 0) is 4.79 Å². The Kier molecular flexibility index (Phi) is 4.43. The minimum Gasteiger partial charge on any atom is -0.338 e. The summed E-state index contributed by atoms with van der Waals surface area (Å²) in [4.78, 5) is 14.7. The maximum atomic E-state index is 12.6. The summed E-state index contributed by atoms with van der Waals surface area (Å²) >= 11 is 0. The molecule has 0 aromatic carbocycles. The largest absolute Gasteiger partial charge is 0.338 e. The molecule has 1 N–H and O–H groups in total. The Labute approximate surface area is 105 Å². The van der Waals surface area contributed by atoms with Crippen molar-refractivity contribution in [2.75, 3.05) is 13.1 Å². The zero-order valence-electron chi connectivity index (χ0n) is 11.2. The van der Waals surface area contributed by atoms with Gasteiger partial charge >= 0.3 is 0 Å². The van der Waals surface area contributed by atoms with Crippen LogP contribution in [0.1, 0.15) is 52.4 Å². The lowest BCUT2D eigenvalue weighted by Gasteiger charge is -2.38. The van der Waals surface area contributed by atoms with Gasteiger partial charge in [-0.25, -0.2) is 0 Å². The van der Waals surface area contributed by atoms with E-state index < -0.39 is 0 Å². The second-order valence-corrected chi connectivity index (χ2v) is 5.67. The van der Waals surface area contributed by atoms with Crippen LogP contribution in [0.4, 0.5) is 0 Å². The summed E-state index contributed by atoms with van der Waals surface area (Å²) in [6.07, 6.45) is 7.19. The lowest BCUT2D eigenvalue weighted by Crippen LogP contribution is -2.52. The average molecular weight is 238 g/mol. The molecule has 3 heteroatoms. The lowest BCUT2D eigenvalue weighted by atomic mass is 9.95. The molecule has 0 bridgehead atoms. The minimum absolute atomic E-state index is 0.0902. The first-order valence-electron chi connectivity index (χ1n) is 7.28. The highest BCUT2D eigenvalue weighted by molar-refractivity contribution is 5.83. The summed E-state index contributed by atoms with van der Waals surface area (Å²) in [5.41, 5.74) is 0. The van der Waals surface area contributed by atoms with Crippen molar-refractivity contribution in [3.8, 4) is 0 Å². The quantitative estimate of drug-likeness (QED) is 0.817. The van der Waals surface area contributed by atoms with Crippen molar-refractivity contribution in [3.05, 3.63) is 0 Å². The molecule has 0 spiro atoms. The molecule has 0 aromatic heterocycles. The van der Waals surface area contributed by atoms with Gasteiger partial charge in [0, 0.05) is 12.6 Å². The Hall–Kier alpha value is -0.570. The van der Waals surface area contributed by atoms with Gasteiger partial charge in [-0.05, 0) is 44.6 Å². The molecule has 0 aromatic rings. The van der Waals surface area contributed by atoms with Gasteiger partial charge in [-0.15, -0.1) is 0 Å². The fourth-order valence-corrected chi connectivity index (χ4v) is 3.27. The van der Waals surface area contributed by atoms with Gasteiger partial charge in [0.15, 0.2) is 0 Å². The van der Waals surface area contributed by atoms with Crippen molar-refractivity contribution < 1.29 is 4.79 Å². The third-order valence-electron chi connectivity index (χ3n) is 4.33. The van der Waals surface area contributed by atoms with Gasteiger partial charge in [-0.3, -0.25) is 4.79 Å². The van der Waals surface area contributed by atoms with Crippen LogP contribution >= 0.6 is 0 Å². The van der Waals surface area contributed by atoms with Crippen LogP contribution in [0.5, 0.6) is 0 Å². The molecule has 3 atom stereocenters. The third kappa shape index (κ3) is 2.82. The topological polar surface area (TPSA) is 32.3 Å². The van der Waals surface area contributed by atoms with Crippen molar-refractivity contribution in [1.29, 1.82) is 0 Å². The number of carbonyl (C=O) groups is 1. The molecule has 1 amide bonds. The van der Waals surface area contributed by atoms with Crippen LogP contribution in [0.3, 0.4) is 0 Å². The van der Waals surface area contributed by atoms with Crippen LogP contribution < -0.4 is 5.32 Å². The summed E-state index contributed by atoms with van der Waals surface area (Å²) in [6.45, 7) is 6.40. The Morgan fingerprint density at radius 2 is 2.18 bits per heavy atom. The number of nitrogens with one attached hydrogen (secondary N) is 1. The number of hydrogen-bond donors (Lipinski definition) is 1. The number of rotatable bonds is 3. The maximum Gasteiger partial charge on any atom is 0.240 e. The third-order valence-corrected chi connectivity index (χ3v) is 4.33. The number of amides is 1. The van der Waals surface area contributed by atoms with Crippen molar-refractivity contribution in [1.82, 2.24) is 10.2 Å². The normalized spacial score (nSPS) is 34.0. The van der Waals surface area contributed by atoms with Gasteiger partial charge < -0.3 is 10.2 Å². The van der Waals surface area contributed by atoms with E-state index >= 15 is 0 Å².